The van der Waals surface area contributed by atoms with Crippen molar-refractivity contribution in [1.29, 1.82) is 0 Å². The van der Waals surface area contributed by atoms with E-state index in [-0.39, 0.29) is 20.8 Å². The molecule has 4 nitrogen and oxygen atoms in total. The predicted octanol–water partition coefficient (Wildman–Crippen LogP) is 6.04. The van der Waals surface area contributed by atoms with Crippen LogP contribution in [-0.2, 0) is 17.5 Å². The molecule has 0 saturated carbocycles. The van der Waals surface area contributed by atoms with E-state index in [2.05, 4.69) is 5.32 Å². The third-order valence-corrected chi connectivity index (χ3v) is 6.29. The quantitative estimate of drug-likeness (QED) is 0.344. The van der Waals surface area contributed by atoms with E-state index >= 15 is 0 Å². The average Bonchev–Trinajstić information content (AvgIpc) is 3.10. The fourth-order valence-electron chi connectivity index (χ4n) is 3.27. The van der Waals surface area contributed by atoms with Gasteiger partial charge in [0.25, 0.3) is 11.8 Å². The van der Waals surface area contributed by atoms with Gasteiger partial charge in [-0.1, -0.05) is 72.5 Å². The highest BCUT2D eigenvalue weighted by molar-refractivity contribution is 8.27. The summed E-state index contributed by atoms with van der Waals surface area (Å²) in [5, 5.41) is 2.84. The van der Waals surface area contributed by atoms with Crippen LogP contribution in [0.5, 0.6) is 0 Å². The van der Waals surface area contributed by atoms with Crippen molar-refractivity contribution in [3.63, 3.8) is 0 Å². The maximum atomic E-state index is 13.1. The Hall–Kier alpha value is -3.43. The second-order valence-corrected chi connectivity index (χ2v) is 9.03. The van der Waals surface area contributed by atoms with Gasteiger partial charge >= 0.3 is 6.18 Å². The lowest BCUT2D eigenvalue weighted by Crippen LogP contribution is -2.27. The second kappa shape index (κ2) is 9.82. The Kier molecular flexibility index (Phi) is 6.85. The van der Waals surface area contributed by atoms with Gasteiger partial charge in [0.15, 0.2) is 4.32 Å². The van der Waals surface area contributed by atoms with E-state index in [4.69, 9.17) is 12.2 Å². The van der Waals surface area contributed by atoms with Gasteiger partial charge in [0.05, 0.1) is 16.2 Å². The molecule has 9 heteroatoms. The molecule has 3 aromatic carbocycles. The highest BCUT2D eigenvalue weighted by Gasteiger charge is 2.36. The van der Waals surface area contributed by atoms with E-state index in [9.17, 15) is 22.8 Å². The van der Waals surface area contributed by atoms with Crippen LogP contribution in [0.2, 0.25) is 0 Å². The number of hydrogen-bond donors (Lipinski definition) is 1. The SMILES string of the molecule is O=C(NCc1ccccc1)c1ccc(/C=C2\SC(=S)N(c3cccc(C(F)(F)F)c3)C2=O)cc1. The molecule has 1 heterocycles. The van der Waals surface area contributed by atoms with Gasteiger partial charge in [-0.25, -0.2) is 0 Å². The van der Waals surface area contributed by atoms with Crippen molar-refractivity contribution < 1.29 is 22.8 Å². The first-order valence-corrected chi connectivity index (χ1v) is 11.3. The molecule has 34 heavy (non-hydrogen) atoms. The smallest absolute Gasteiger partial charge is 0.348 e. The zero-order valence-corrected chi connectivity index (χ0v) is 19.1. The number of rotatable bonds is 5. The Morgan fingerprint density at radius 1 is 1.00 bits per heavy atom. The van der Waals surface area contributed by atoms with Gasteiger partial charge < -0.3 is 5.32 Å². The minimum Gasteiger partial charge on any atom is -0.348 e. The summed E-state index contributed by atoms with van der Waals surface area (Å²) in [6, 6.07) is 20.7. The first-order chi connectivity index (χ1) is 16.2. The molecule has 1 aliphatic rings. The van der Waals surface area contributed by atoms with Gasteiger partial charge in [0.2, 0.25) is 0 Å². The zero-order valence-electron chi connectivity index (χ0n) is 17.5. The van der Waals surface area contributed by atoms with Crippen molar-refractivity contribution in [3.05, 3.63) is 106 Å². The summed E-state index contributed by atoms with van der Waals surface area (Å²) in [6.07, 6.45) is -2.93. The molecule has 1 fully saturated rings. The van der Waals surface area contributed by atoms with Crippen LogP contribution < -0.4 is 10.2 Å². The minimum atomic E-state index is -4.53. The molecule has 1 aliphatic heterocycles. The summed E-state index contributed by atoms with van der Waals surface area (Å²) >= 11 is 6.26. The van der Waals surface area contributed by atoms with Gasteiger partial charge in [-0.3, -0.25) is 14.5 Å². The van der Waals surface area contributed by atoms with Crippen LogP contribution in [0.3, 0.4) is 0 Å². The summed E-state index contributed by atoms with van der Waals surface area (Å²) in [6.45, 7) is 0.402. The van der Waals surface area contributed by atoms with E-state index in [0.29, 0.717) is 17.7 Å². The Balaban J connectivity index is 1.46. The zero-order chi connectivity index (χ0) is 24.3. The number of nitrogens with one attached hydrogen (secondary N) is 1. The van der Waals surface area contributed by atoms with Crippen molar-refractivity contribution in [2.45, 2.75) is 12.7 Å². The van der Waals surface area contributed by atoms with Gasteiger partial charge in [-0.2, -0.15) is 13.2 Å². The van der Waals surface area contributed by atoms with Crippen molar-refractivity contribution in [1.82, 2.24) is 5.32 Å². The minimum absolute atomic E-state index is 0.0613. The third kappa shape index (κ3) is 5.37. The van der Waals surface area contributed by atoms with Crippen molar-refractivity contribution in [2.24, 2.45) is 0 Å². The van der Waals surface area contributed by atoms with E-state index in [1.165, 1.54) is 12.1 Å². The monoisotopic (exact) mass is 498 g/mol. The summed E-state index contributed by atoms with van der Waals surface area (Å²) in [7, 11) is 0. The number of anilines is 1. The lowest BCUT2D eigenvalue weighted by molar-refractivity contribution is -0.137. The van der Waals surface area contributed by atoms with E-state index in [1.54, 1.807) is 30.3 Å². The van der Waals surface area contributed by atoms with Crippen LogP contribution in [0.1, 0.15) is 27.0 Å². The van der Waals surface area contributed by atoms with E-state index in [1.807, 2.05) is 30.3 Å². The van der Waals surface area contributed by atoms with Crippen molar-refractivity contribution >= 4 is 51.9 Å². The molecular weight excluding hydrogens is 481 g/mol. The second-order valence-electron chi connectivity index (χ2n) is 7.36. The van der Waals surface area contributed by atoms with Gasteiger partial charge in [-0.05, 0) is 47.5 Å². The van der Waals surface area contributed by atoms with Crippen molar-refractivity contribution in [3.8, 4) is 0 Å². The maximum absolute atomic E-state index is 13.1. The Bertz CT molecular complexity index is 1270. The van der Waals surface area contributed by atoms with Crippen LogP contribution in [0.15, 0.2) is 83.8 Å². The number of carbonyl (C=O) groups is 2. The molecule has 0 atom stereocenters. The molecule has 0 bridgehead atoms. The number of carbonyl (C=O) groups excluding carboxylic acids is 2. The molecule has 0 aromatic heterocycles. The lowest BCUT2D eigenvalue weighted by atomic mass is 10.1. The molecule has 3 aromatic rings. The third-order valence-electron chi connectivity index (χ3n) is 4.99. The molecule has 0 unspecified atom stereocenters. The highest BCUT2D eigenvalue weighted by Crippen LogP contribution is 2.38. The lowest BCUT2D eigenvalue weighted by Gasteiger charge is -2.16. The van der Waals surface area contributed by atoms with Gasteiger partial charge in [0, 0.05) is 12.1 Å². The summed E-state index contributed by atoms with van der Waals surface area (Å²) in [5.41, 5.74) is 1.30. The van der Waals surface area contributed by atoms with E-state index < -0.39 is 17.6 Å². The van der Waals surface area contributed by atoms with Crippen LogP contribution in [-0.4, -0.2) is 16.1 Å². The number of nitrogens with zero attached hydrogens (tertiary/aromatic N) is 1. The van der Waals surface area contributed by atoms with Gasteiger partial charge in [-0.15, -0.1) is 0 Å². The fraction of sp³-hybridized carbons (Fsp3) is 0.0800. The fourth-order valence-corrected chi connectivity index (χ4v) is 4.57. The van der Waals surface area contributed by atoms with E-state index in [0.717, 1.165) is 34.4 Å². The summed E-state index contributed by atoms with van der Waals surface area (Å²) in [5.74, 6) is -0.731. The number of benzene rings is 3. The number of alkyl halides is 3. The largest absolute Gasteiger partial charge is 0.416 e. The van der Waals surface area contributed by atoms with Crippen LogP contribution in [0, 0.1) is 0 Å². The standard InChI is InChI=1S/C25H17F3N2O2S2/c26-25(27,28)19-7-4-8-20(14-19)30-23(32)21(34-24(30)33)13-16-9-11-18(12-10-16)22(31)29-15-17-5-2-1-3-6-17/h1-14H,15H2,(H,29,31)/b21-13-. The number of thiocarbonyl (C=S) groups is 1. The maximum Gasteiger partial charge on any atom is 0.416 e. The predicted molar refractivity (Wildman–Crippen MR) is 131 cm³/mol. The molecule has 0 aliphatic carbocycles. The first kappa shape index (κ1) is 23.7. The first-order valence-electron chi connectivity index (χ1n) is 10.1. The van der Waals surface area contributed by atoms with Crippen LogP contribution in [0.25, 0.3) is 6.08 Å². The summed E-state index contributed by atoms with van der Waals surface area (Å²) < 4.78 is 39.3. The van der Waals surface area contributed by atoms with Crippen molar-refractivity contribution in [2.75, 3.05) is 4.90 Å². The Morgan fingerprint density at radius 2 is 1.71 bits per heavy atom. The molecular formula is C25H17F3N2O2S2. The highest BCUT2D eigenvalue weighted by atomic mass is 32.2. The topological polar surface area (TPSA) is 49.4 Å². The van der Waals surface area contributed by atoms with Gasteiger partial charge in [0.1, 0.15) is 0 Å². The number of hydrogen-bond acceptors (Lipinski definition) is 4. The Morgan fingerprint density at radius 3 is 2.38 bits per heavy atom. The number of amides is 2. The molecule has 4 rings (SSSR count). The molecule has 1 saturated heterocycles. The molecule has 0 spiro atoms. The molecule has 0 radical (unpaired) electrons. The average molecular weight is 499 g/mol. The number of halogens is 3. The Labute approximate surface area is 203 Å². The van der Waals surface area contributed by atoms with Crippen LogP contribution in [0.4, 0.5) is 18.9 Å². The normalized spacial score (nSPS) is 15.1. The van der Waals surface area contributed by atoms with Crippen LogP contribution >= 0.6 is 24.0 Å². The molecule has 172 valence electrons. The molecule has 1 N–H and O–H groups in total. The number of thioether (sulfide) groups is 1. The summed E-state index contributed by atoms with van der Waals surface area (Å²) in [4.78, 5) is 26.6. The molecule has 2 amide bonds.